The molecule has 2 aromatic heterocycles. The Morgan fingerprint density at radius 2 is 1.20 bits per heavy atom. The SMILES string of the molecule is CC1(C)c2ccccc2-c2c1ccnc2-c1cc(-c2ccccc2)cc(-c2cccc3c2nc(-c2ccccc2O)n3-c2ccccc2)c1. The van der Waals surface area contributed by atoms with Gasteiger partial charge in [0.2, 0.25) is 0 Å². The summed E-state index contributed by atoms with van der Waals surface area (Å²) in [4.78, 5) is 10.4. The number of benzene rings is 6. The number of hydrogen-bond acceptors (Lipinski definition) is 3. The van der Waals surface area contributed by atoms with E-state index in [0.717, 1.165) is 50.2 Å². The number of aromatic nitrogens is 3. The van der Waals surface area contributed by atoms with Crippen LogP contribution in [0.3, 0.4) is 0 Å². The molecule has 0 aliphatic heterocycles. The van der Waals surface area contributed by atoms with Crippen molar-refractivity contribution in [2.75, 3.05) is 0 Å². The van der Waals surface area contributed by atoms with Gasteiger partial charge in [-0.15, -0.1) is 0 Å². The molecule has 0 unspecified atom stereocenters. The van der Waals surface area contributed by atoms with Gasteiger partial charge in [0.15, 0.2) is 0 Å². The van der Waals surface area contributed by atoms with E-state index in [1.807, 2.05) is 42.6 Å². The Bertz CT molecular complexity index is 2530. The second-order valence-corrected chi connectivity index (χ2v) is 13.2. The second-order valence-electron chi connectivity index (χ2n) is 13.2. The maximum absolute atomic E-state index is 11.0. The van der Waals surface area contributed by atoms with E-state index in [2.05, 4.69) is 128 Å². The maximum Gasteiger partial charge on any atom is 0.149 e. The van der Waals surface area contributed by atoms with Gasteiger partial charge < -0.3 is 5.11 Å². The molecule has 0 saturated heterocycles. The molecule has 1 N–H and O–H groups in total. The van der Waals surface area contributed by atoms with Crippen molar-refractivity contribution in [2.24, 2.45) is 0 Å². The van der Waals surface area contributed by atoms with Gasteiger partial charge in [-0.1, -0.05) is 111 Å². The largest absolute Gasteiger partial charge is 0.507 e. The smallest absolute Gasteiger partial charge is 0.149 e. The molecule has 0 atom stereocenters. The number of hydrogen-bond donors (Lipinski definition) is 1. The molecule has 0 bridgehead atoms. The van der Waals surface area contributed by atoms with Crippen molar-refractivity contribution in [3.8, 4) is 67.5 Å². The quantitative estimate of drug-likeness (QED) is 0.206. The third kappa shape index (κ3) is 4.60. The van der Waals surface area contributed by atoms with E-state index < -0.39 is 0 Å². The molecule has 234 valence electrons. The highest BCUT2D eigenvalue weighted by Crippen LogP contribution is 2.52. The second kappa shape index (κ2) is 11.2. The van der Waals surface area contributed by atoms with E-state index in [1.54, 1.807) is 6.07 Å². The summed E-state index contributed by atoms with van der Waals surface area (Å²) in [6, 6.07) is 52.2. The van der Waals surface area contributed by atoms with Gasteiger partial charge in [-0.05, 0) is 88.0 Å². The van der Waals surface area contributed by atoms with Crippen molar-refractivity contribution in [1.82, 2.24) is 14.5 Å². The first kappa shape index (κ1) is 28.9. The van der Waals surface area contributed by atoms with E-state index in [0.29, 0.717) is 11.4 Å². The molecule has 0 amide bonds. The summed E-state index contributed by atoms with van der Waals surface area (Å²) in [5.74, 6) is 0.879. The van der Waals surface area contributed by atoms with E-state index in [-0.39, 0.29) is 11.2 Å². The van der Waals surface area contributed by atoms with E-state index >= 15 is 0 Å². The summed E-state index contributed by atoms with van der Waals surface area (Å²) in [5.41, 5.74) is 14.8. The number of imidazole rings is 1. The molecule has 0 fully saturated rings. The van der Waals surface area contributed by atoms with Crippen LogP contribution in [0.25, 0.3) is 72.7 Å². The average molecular weight is 632 g/mol. The Hall–Kier alpha value is -6.26. The highest BCUT2D eigenvalue weighted by Gasteiger charge is 2.37. The lowest BCUT2D eigenvalue weighted by atomic mass is 9.82. The lowest BCUT2D eigenvalue weighted by molar-refractivity contribution is 0.477. The number of phenols is 1. The van der Waals surface area contributed by atoms with Gasteiger partial charge in [0.05, 0.1) is 22.3 Å². The van der Waals surface area contributed by atoms with Crippen LogP contribution in [0.4, 0.5) is 0 Å². The third-order valence-corrected chi connectivity index (χ3v) is 9.96. The maximum atomic E-state index is 11.0. The van der Waals surface area contributed by atoms with E-state index in [4.69, 9.17) is 9.97 Å². The third-order valence-electron chi connectivity index (χ3n) is 9.96. The zero-order valence-corrected chi connectivity index (χ0v) is 27.3. The van der Waals surface area contributed by atoms with Gasteiger partial charge in [-0.25, -0.2) is 4.98 Å². The first-order valence-electron chi connectivity index (χ1n) is 16.6. The molecule has 4 heteroatoms. The molecule has 8 aromatic rings. The summed E-state index contributed by atoms with van der Waals surface area (Å²) in [6.45, 7) is 4.61. The van der Waals surface area contributed by atoms with Crippen LogP contribution in [0.2, 0.25) is 0 Å². The lowest BCUT2D eigenvalue weighted by Crippen LogP contribution is -2.14. The monoisotopic (exact) mass is 631 g/mol. The fourth-order valence-electron chi connectivity index (χ4n) is 7.60. The summed E-state index contributed by atoms with van der Waals surface area (Å²) >= 11 is 0. The molecule has 6 aromatic carbocycles. The van der Waals surface area contributed by atoms with Crippen LogP contribution in [0.1, 0.15) is 25.0 Å². The Balaban J connectivity index is 1.33. The molecule has 4 nitrogen and oxygen atoms in total. The molecule has 9 rings (SSSR count). The number of phenolic OH excluding ortho intramolecular Hbond substituents is 1. The molecular weight excluding hydrogens is 599 g/mol. The van der Waals surface area contributed by atoms with Gasteiger partial charge >= 0.3 is 0 Å². The molecule has 49 heavy (non-hydrogen) atoms. The molecular formula is C45H33N3O. The number of para-hydroxylation sites is 3. The zero-order chi connectivity index (χ0) is 33.1. The summed E-state index contributed by atoms with van der Waals surface area (Å²) in [5, 5.41) is 11.0. The molecule has 2 heterocycles. The Morgan fingerprint density at radius 3 is 2.00 bits per heavy atom. The summed E-state index contributed by atoms with van der Waals surface area (Å²) < 4.78 is 2.14. The van der Waals surface area contributed by atoms with Gasteiger partial charge in [-0.3, -0.25) is 9.55 Å². The first-order valence-corrected chi connectivity index (χ1v) is 16.6. The summed E-state index contributed by atoms with van der Waals surface area (Å²) in [6.07, 6.45) is 1.96. The van der Waals surface area contributed by atoms with Gasteiger partial charge in [0, 0.05) is 34.0 Å². The average Bonchev–Trinajstić information content (AvgIpc) is 3.65. The fourth-order valence-corrected chi connectivity index (χ4v) is 7.60. The number of aromatic hydroxyl groups is 1. The van der Waals surface area contributed by atoms with Crippen LogP contribution in [-0.2, 0) is 5.41 Å². The van der Waals surface area contributed by atoms with Crippen molar-refractivity contribution in [2.45, 2.75) is 19.3 Å². The van der Waals surface area contributed by atoms with Crippen molar-refractivity contribution in [3.63, 3.8) is 0 Å². The molecule has 1 aliphatic carbocycles. The minimum atomic E-state index is -0.126. The zero-order valence-electron chi connectivity index (χ0n) is 27.3. The predicted octanol–water partition coefficient (Wildman–Crippen LogP) is 11.1. The Labute approximate surface area is 285 Å². The van der Waals surface area contributed by atoms with Crippen LogP contribution in [0, 0.1) is 0 Å². The van der Waals surface area contributed by atoms with Crippen LogP contribution in [0.5, 0.6) is 5.75 Å². The number of fused-ring (bicyclic) bond motifs is 4. The van der Waals surface area contributed by atoms with Crippen LogP contribution in [0.15, 0.2) is 158 Å². The van der Waals surface area contributed by atoms with Crippen molar-refractivity contribution < 1.29 is 5.11 Å². The summed E-state index contributed by atoms with van der Waals surface area (Å²) in [7, 11) is 0. The number of nitrogens with zero attached hydrogens (tertiary/aromatic N) is 3. The van der Waals surface area contributed by atoms with Crippen LogP contribution in [-0.4, -0.2) is 19.6 Å². The van der Waals surface area contributed by atoms with Crippen molar-refractivity contribution in [1.29, 1.82) is 0 Å². The molecule has 1 aliphatic rings. The number of pyridine rings is 1. The van der Waals surface area contributed by atoms with Crippen molar-refractivity contribution in [3.05, 3.63) is 169 Å². The minimum absolute atomic E-state index is 0.126. The topological polar surface area (TPSA) is 50.9 Å². The Kier molecular flexibility index (Phi) is 6.60. The normalized spacial score (nSPS) is 12.9. The molecule has 0 spiro atoms. The predicted molar refractivity (Wildman–Crippen MR) is 200 cm³/mol. The van der Waals surface area contributed by atoms with Gasteiger partial charge in [-0.2, -0.15) is 0 Å². The van der Waals surface area contributed by atoms with Crippen LogP contribution < -0.4 is 0 Å². The number of rotatable bonds is 5. The highest BCUT2D eigenvalue weighted by atomic mass is 16.3. The highest BCUT2D eigenvalue weighted by molar-refractivity contribution is 5.99. The molecule has 0 saturated carbocycles. The van der Waals surface area contributed by atoms with Gasteiger partial charge in [0.1, 0.15) is 11.6 Å². The van der Waals surface area contributed by atoms with E-state index in [9.17, 15) is 5.11 Å². The first-order chi connectivity index (χ1) is 24.0. The van der Waals surface area contributed by atoms with Crippen molar-refractivity contribution >= 4 is 11.0 Å². The molecule has 0 radical (unpaired) electrons. The van der Waals surface area contributed by atoms with Crippen LogP contribution >= 0.6 is 0 Å². The minimum Gasteiger partial charge on any atom is -0.507 e. The van der Waals surface area contributed by atoms with E-state index in [1.165, 1.54) is 22.3 Å². The van der Waals surface area contributed by atoms with Gasteiger partial charge in [0.25, 0.3) is 0 Å². The fraction of sp³-hybridized carbons (Fsp3) is 0.0667. The Morgan fingerprint density at radius 1 is 0.551 bits per heavy atom. The lowest BCUT2D eigenvalue weighted by Gasteiger charge is -2.21. The standard InChI is InChI=1S/C45H33N3O/c1-45(2)37-21-11-9-18-35(37)41-38(45)24-25-46-42(41)32-27-30(29-14-5-3-6-15-29)26-31(28-32)34-20-13-22-39-43(34)47-44(36-19-10-12-23-40(36)49)48(39)33-16-7-4-8-17-33/h3-28,49H,1-2H3.